The second-order valence-corrected chi connectivity index (χ2v) is 7.37. The van der Waals surface area contributed by atoms with Gasteiger partial charge < -0.3 is 19.7 Å². The number of carbonyl (C=O) groups excluding carboxylic acids is 3. The van der Waals surface area contributed by atoms with Crippen molar-refractivity contribution in [3.8, 4) is 11.5 Å². The van der Waals surface area contributed by atoms with Gasteiger partial charge in [-0.25, -0.2) is 4.79 Å². The van der Waals surface area contributed by atoms with Gasteiger partial charge in [0.2, 0.25) is 5.91 Å². The average molecular weight is 430 g/mol. The monoisotopic (exact) mass is 430 g/mol. The second-order valence-electron chi connectivity index (χ2n) is 7.37. The molecule has 1 heterocycles. The molecule has 0 radical (unpaired) electrons. The van der Waals surface area contributed by atoms with E-state index in [0.717, 1.165) is 0 Å². The summed E-state index contributed by atoms with van der Waals surface area (Å²) in [4.78, 5) is 39.4. The third kappa shape index (κ3) is 4.62. The van der Waals surface area contributed by atoms with Crippen molar-refractivity contribution in [1.82, 2.24) is 0 Å². The number of rotatable bonds is 5. The zero-order valence-corrected chi connectivity index (χ0v) is 17.5. The number of hydrogen-bond acceptors (Lipinski definition) is 5. The van der Waals surface area contributed by atoms with Gasteiger partial charge in [0.15, 0.2) is 6.61 Å². The Bertz CT molecular complexity index is 1150. The van der Waals surface area contributed by atoms with Crippen LogP contribution in [0.1, 0.15) is 23.7 Å². The van der Waals surface area contributed by atoms with Crippen LogP contribution in [-0.4, -0.2) is 30.4 Å². The number of ether oxygens (including phenoxy) is 2. The van der Waals surface area contributed by atoms with Crippen LogP contribution in [-0.2, 0) is 14.3 Å². The SMILES string of the molecule is CC1CC(=O)Nc2ccccc2N1C(=O)COC(=O)c1ccccc1Oc1ccccc1. The van der Waals surface area contributed by atoms with E-state index in [4.69, 9.17) is 9.47 Å². The molecule has 1 aliphatic rings. The van der Waals surface area contributed by atoms with Crippen molar-refractivity contribution in [3.63, 3.8) is 0 Å². The lowest BCUT2D eigenvalue weighted by atomic mass is 10.1. The Morgan fingerprint density at radius 3 is 2.47 bits per heavy atom. The topological polar surface area (TPSA) is 84.9 Å². The van der Waals surface area contributed by atoms with Gasteiger partial charge in [0.1, 0.15) is 17.1 Å². The average Bonchev–Trinajstić information content (AvgIpc) is 2.92. The molecule has 1 unspecified atom stereocenters. The number of anilines is 2. The van der Waals surface area contributed by atoms with E-state index in [1.54, 1.807) is 67.6 Å². The van der Waals surface area contributed by atoms with Crippen molar-refractivity contribution in [1.29, 1.82) is 0 Å². The third-order valence-electron chi connectivity index (χ3n) is 5.03. The van der Waals surface area contributed by atoms with Gasteiger partial charge in [-0.1, -0.05) is 42.5 Å². The molecule has 162 valence electrons. The highest BCUT2D eigenvalue weighted by atomic mass is 16.5. The third-order valence-corrected chi connectivity index (χ3v) is 5.03. The first-order chi connectivity index (χ1) is 15.5. The number of para-hydroxylation sites is 4. The number of nitrogens with one attached hydrogen (secondary N) is 1. The van der Waals surface area contributed by atoms with E-state index in [-0.39, 0.29) is 17.9 Å². The molecular formula is C25H22N2O5. The summed E-state index contributed by atoms with van der Waals surface area (Å²) < 4.78 is 11.1. The maximum Gasteiger partial charge on any atom is 0.342 e. The number of hydrogen-bond donors (Lipinski definition) is 1. The molecule has 0 saturated carbocycles. The second kappa shape index (κ2) is 9.34. The van der Waals surface area contributed by atoms with Crippen molar-refractivity contribution < 1.29 is 23.9 Å². The zero-order chi connectivity index (χ0) is 22.5. The summed E-state index contributed by atoms with van der Waals surface area (Å²) in [6, 6.07) is 22.4. The quantitative estimate of drug-likeness (QED) is 0.607. The normalized spacial score (nSPS) is 15.2. The first-order valence-electron chi connectivity index (χ1n) is 10.2. The highest BCUT2D eigenvalue weighted by Crippen LogP contribution is 2.31. The van der Waals surface area contributed by atoms with Gasteiger partial charge >= 0.3 is 5.97 Å². The predicted molar refractivity (Wildman–Crippen MR) is 120 cm³/mol. The minimum absolute atomic E-state index is 0.141. The van der Waals surface area contributed by atoms with Gasteiger partial charge in [0.05, 0.1) is 11.4 Å². The Kier molecular flexibility index (Phi) is 6.17. The molecule has 1 aliphatic heterocycles. The number of nitrogens with zero attached hydrogens (tertiary/aromatic N) is 1. The molecule has 0 saturated heterocycles. The Labute approximate surface area is 185 Å². The van der Waals surface area contributed by atoms with Gasteiger partial charge in [0, 0.05) is 12.5 Å². The van der Waals surface area contributed by atoms with Crippen LogP contribution in [0.5, 0.6) is 11.5 Å². The lowest BCUT2D eigenvalue weighted by Crippen LogP contribution is -2.41. The minimum atomic E-state index is -0.671. The smallest absolute Gasteiger partial charge is 0.342 e. The summed E-state index contributed by atoms with van der Waals surface area (Å²) >= 11 is 0. The molecular weight excluding hydrogens is 408 g/mol. The predicted octanol–water partition coefficient (Wildman–Crippen LogP) is 4.40. The first kappa shape index (κ1) is 21.1. The molecule has 0 bridgehead atoms. The molecule has 0 spiro atoms. The molecule has 2 amide bonds. The molecule has 1 atom stereocenters. The fourth-order valence-electron chi connectivity index (χ4n) is 3.58. The Balaban J connectivity index is 1.49. The molecule has 1 N–H and O–H groups in total. The van der Waals surface area contributed by atoms with E-state index < -0.39 is 24.5 Å². The molecule has 4 rings (SSSR count). The minimum Gasteiger partial charge on any atom is -0.456 e. The fraction of sp³-hybridized carbons (Fsp3) is 0.160. The summed E-state index contributed by atoms with van der Waals surface area (Å²) in [6.45, 7) is 1.32. The molecule has 3 aromatic carbocycles. The standard InChI is InChI=1S/C25H22N2O5/c1-17-15-23(28)26-20-12-6-7-13-21(20)27(17)24(29)16-31-25(30)19-11-5-8-14-22(19)32-18-9-3-2-4-10-18/h2-14,17H,15-16H2,1H3,(H,26,28). The maximum atomic E-state index is 13.0. The van der Waals surface area contributed by atoms with Gasteiger partial charge in [0.25, 0.3) is 5.91 Å². The van der Waals surface area contributed by atoms with E-state index in [1.807, 2.05) is 18.2 Å². The van der Waals surface area contributed by atoms with Crippen LogP contribution in [0, 0.1) is 0 Å². The summed E-state index contributed by atoms with van der Waals surface area (Å²) in [6.07, 6.45) is 0.141. The van der Waals surface area contributed by atoms with Gasteiger partial charge in [-0.3, -0.25) is 9.59 Å². The van der Waals surface area contributed by atoms with Crippen LogP contribution < -0.4 is 15.0 Å². The number of carbonyl (C=O) groups is 3. The summed E-state index contributed by atoms with van der Waals surface area (Å²) in [5.41, 5.74) is 1.33. The van der Waals surface area contributed by atoms with E-state index in [2.05, 4.69) is 5.32 Å². The molecule has 0 aliphatic carbocycles. The lowest BCUT2D eigenvalue weighted by Gasteiger charge is -2.27. The van der Waals surface area contributed by atoms with Gasteiger partial charge in [-0.2, -0.15) is 0 Å². The molecule has 0 aromatic heterocycles. The Hall–Kier alpha value is -4.13. The Morgan fingerprint density at radius 2 is 1.66 bits per heavy atom. The summed E-state index contributed by atoms with van der Waals surface area (Å²) in [7, 11) is 0. The Morgan fingerprint density at radius 1 is 0.969 bits per heavy atom. The molecule has 0 fully saturated rings. The van der Waals surface area contributed by atoms with E-state index in [0.29, 0.717) is 22.9 Å². The van der Waals surface area contributed by atoms with Crippen LogP contribution in [0.4, 0.5) is 11.4 Å². The highest BCUT2D eigenvalue weighted by molar-refractivity contribution is 6.05. The molecule has 32 heavy (non-hydrogen) atoms. The van der Waals surface area contributed by atoms with Crippen LogP contribution in [0.25, 0.3) is 0 Å². The fourth-order valence-corrected chi connectivity index (χ4v) is 3.58. The van der Waals surface area contributed by atoms with Gasteiger partial charge in [-0.05, 0) is 43.3 Å². The molecule has 7 nitrogen and oxygen atoms in total. The number of benzene rings is 3. The first-order valence-corrected chi connectivity index (χ1v) is 10.2. The van der Waals surface area contributed by atoms with Crippen LogP contribution in [0.3, 0.4) is 0 Å². The van der Waals surface area contributed by atoms with Crippen LogP contribution >= 0.6 is 0 Å². The highest BCUT2D eigenvalue weighted by Gasteiger charge is 2.30. The van der Waals surface area contributed by atoms with Crippen molar-refractivity contribution in [2.24, 2.45) is 0 Å². The van der Waals surface area contributed by atoms with Crippen LogP contribution in [0.15, 0.2) is 78.9 Å². The summed E-state index contributed by atoms with van der Waals surface area (Å²) in [5.74, 6) is -0.356. The van der Waals surface area contributed by atoms with Crippen molar-refractivity contribution in [2.75, 3.05) is 16.8 Å². The number of fused-ring (bicyclic) bond motifs is 1. The maximum absolute atomic E-state index is 13.0. The van der Waals surface area contributed by atoms with Crippen molar-refractivity contribution >= 4 is 29.2 Å². The van der Waals surface area contributed by atoms with E-state index in [1.165, 1.54) is 4.90 Å². The van der Waals surface area contributed by atoms with Crippen LogP contribution in [0.2, 0.25) is 0 Å². The summed E-state index contributed by atoms with van der Waals surface area (Å²) in [5, 5.41) is 2.80. The number of amides is 2. The van der Waals surface area contributed by atoms with E-state index in [9.17, 15) is 14.4 Å². The molecule has 7 heteroatoms. The zero-order valence-electron chi connectivity index (χ0n) is 17.5. The molecule has 3 aromatic rings. The lowest BCUT2D eigenvalue weighted by molar-refractivity contribution is -0.122. The number of esters is 1. The van der Waals surface area contributed by atoms with E-state index >= 15 is 0 Å². The van der Waals surface area contributed by atoms with Gasteiger partial charge in [-0.15, -0.1) is 0 Å². The van der Waals surface area contributed by atoms with Crippen molar-refractivity contribution in [3.05, 3.63) is 84.4 Å². The van der Waals surface area contributed by atoms with Crippen molar-refractivity contribution in [2.45, 2.75) is 19.4 Å². The largest absolute Gasteiger partial charge is 0.456 e.